The van der Waals surface area contributed by atoms with E-state index >= 15 is 0 Å². The van der Waals surface area contributed by atoms with Crippen molar-refractivity contribution in [3.63, 3.8) is 0 Å². The van der Waals surface area contributed by atoms with Gasteiger partial charge in [0.1, 0.15) is 5.78 Å². The van der Waals surface area contributed by atoms with E-state index in [2.05, 4.69) is 0 Å². The molecule has 0 radical (unpaired) electrons. The van der Waals surface area contributed by atoms with Crippen LogP contribution in [0.2, 0.25) is 0 Å². The molecule has 2 bridgehead atoms. The standard InChI is InChI=1S/C15H16F2O2S/c16-13-3-1-2-9(15(13)17)8-14(18)10-6-11-4-5-12(7-10)20(11)19/h1-3,10-12H,4-8H2. The van der Waals surface area contributed by atoms with Gasteiger partial charge in [-0.3, -0.25) is 9.00 Å². The summed E-state index contributed by atoms with van der Waals surface area (Å²) in [6, 6.07) is 3.92. The van der Waals surface area contributed by atoms with Crippen molar-refractivity contribution in [2.45, 2.75) is 42.6 Å². The van der Waals surface area contributed by atoms with Crippen LogP contribution < -0.4 is 0 Å². The first kappa shape index (κ1) is 13.9. The largest absolute Gasteiger partial charge is 0.299 e. The minimum atomic E-state index is -0.928. The second-order valence-corrected chi connectivity index (χ2v) is 7.66. The van der Waals surface area contributed by atoms with Gasteiger partial charge >= 0.3 is 0 Å². The van der Waals surface area contributed by atoms with Crippen molar-refractivity contribution in [1.29, 1.82) is 0 Å². The predicted molar refractivity (Wildman–Crippen MR) is 72.7 cm³/mol. The average Bonchev–Trinajstić information content (AvgIpc) is 2.66. The first-order valence-electron chi connectivity index (χ1n) is 6.91. The van der Waals surface area contributed by atoms with Crippen LogP contribution in [0.1, 0.15) is 31.2 Å². The molecule has 2 aliphatic heterocycles. The van der Waals surface area contributed by atoms with Crippen LogP contribution in [-0.2, 0) is 22.0 Å². The zero-order valence-corrected chi connectivity index (χ0v) is 11.8. The summed E-state index contributed by atoms with van der Waals surface area (Å²) >= 11 is 0. The molecular weight excluding hydrogens is 282 g/mol. The fraction of sp³-hybridized carbons (Fsp3) is 0.533. The van der Waals surface area contributed by atoms with E-state index in [1.807, 2.05) is 0 Å². The van der Waals surface area contributed by atoms with E-state index in [0.29, 0.717) is 12.8 Å². The number of hydrogen-bond acceptors (Lipinski definition) is 2. The predicted octanol–water partition coefficient (Wildman–Crippen LogP) is 2.77. The number of Topliss-reactive ketones (excluding diaryl/α,β-unsaturated/α-hetero) is 1. The minimum absolute atomic E-state index is 0.0527. The highest BCUT2D eigenvalue weighted by atomic mass is 32.2. The molecule has 2 aliphatic rings. The maximum atomic E-state index is 13.6. The molecule has 1 aromatic rings. The number of halogens is 2. The smallest absolute Gasteiger partial charge is 0.162 e. The zero-order chi connectivity index (χ0) is 14.3. The average molecular weight is 298 g/mol. The molecule has 2 fully saturated rings. The number of benzene rings is 1. The highest BCUT2D eigenvalue weighted by Gasteiger charge is 2.42. The number of ketones is 1. The number of carbonyl (C=O) groups is 1. The van der Waals surface area contributed by atoms with Gasteiger partial charge in [-0.2, -0.15) is 0 Å². The molecule has 2 atom stereocenters. The molecule has 108 valence electrons. The Morgan fingerprint density at radius 2 is 1.85 bits per heavy atom. The first-order chi connectivity index (χ1) is 9.56. The summed E-state index contributed by atoms with van der Waals surface area (Å²) in [6.45, 7) is 0. The number of fused-ring (bicyclic) bond motifs is 2. The molecule has 5 heteroatoms. The van der Waals surface area contributed by atoms with E-state index in [4.69, 9.17) is 0 Å². The Morgan fingerprint density at radius 3 is 2.50 bits per heavy atom. The summed E-state index contributed by atoms with van der Waals surface area (Å²) < 4.78 is 38.6. The number of carbonyl (C=O) groups excluding carboxylic acids is 1. The van der Waals surface area contributed by atoms with Crippen LogP contribution in [-0.4, -0.2) is 20.5 Å². The summed E-state index contributed by atoms with van der Waals surface area (Å²) in [5.74, 6) is -2.04. The molecule has 0 amide bonds. The van der Waals surface area contributed by atoms with Crippen molar-refractivity contribution in [1.82, 2.24) is 0 Å². The highest BCUT2D eigenvalue weighted by molar-refractivity contribution is 7.86. The van der Waals surface area contributed by atoms with Crippen LogP contribution in [0.15, 0.2) is 18.2 Å². The van der Waals surface area contributed by atoms with Crippen LogP contribution in [0.3, 0.4) is 0 Å². The van der Waals surface area contributed by atoms with Gasteiger partial charge in [-0.05, 0) is 37.3 Å². The van der Waals surface area contributed by atoms with Crippen molar-refractivity contribution in [3.8, 4) is 0 Å². The number of hydrogen-bond donors (Lipinski definition) is 0. The van der Waals surface area contributed by atoms with Gasteiger partial charge in [-0.15, -0.1) is 0 Å². The van der Waals surface area contributed by atoms with Crippen LogP contribution in [0.4, 0.5) is 8.78 Å². The summed E-state index contributed by atoms with van der Waals surface area (Å²) in [7, 11) is -0.797. The maximum absolute atomic E-state index is 13.6. The van der Waals surface area contributed by atoms with Gasteiger partial charge in [0.05, 0.1) is 0 Å². The van der Waals surface area contributed by atoms with E-state index in [9.17, 15) is 17.8 Å². The summed E-state index contributed by atoms with van der Waals surface area (Å²) in [5.41, 5.74) is 0.119. The molecule has 3 rings (SSSR count). The van der Waals surface area contributed by atoms with Crippen molar-refractivity contribution in [3.05, 3.63) is 35.4 Å². The van der Waals surface area contributed by atoms with E-state index in [-0.39, 0.29) is 34.2 Å². The van der Waals surface area contributed by atoms with Gasteiger partial charge in [0.25, 0.3) is 0 Å². The maximum Gasteiger partial charge on any atom is 0.162 e. The molecule has 2 unspecified atom stereocenters. The Kier molecular flexibility index (Phi) is 3.71. The first-order valence-corrected chi connectivity index (χ1v) is 8.19. The van der Waals surface area contributed by atoms with Crippen molar-refractivity contribution in [2.24, 2.45) is 5.92 Å². The molecule has 0 aromatic heterocycles. The molecule has 1 aromatic carbocycles. The molecule has 0 spiro atoms. The van der Waals surface area contributed by atoms with Crippen LogP contribution in [0, 0.1) is 17.6 Å². The summed E-state index contributed by atoms with van der Waals surface area (Å²) in [6.07, 6.45) is 3.06. The monoisotopic (exact) mass is 298 g/mol. The van der Waals surface area contributed by atoms with Gasteiger partial charge in [-0.25, -0.2) is 8.78 Å². The normalized spacial score (nSPS) is 32.3. The topological polar surface area (TPSA) is 34.1 Å². The Bertz CT molecular complexity index is 557. The SMILES string of the molecule is O=C(Cc1cccc(F)c1F)C1CC2CCC(C1)S2=O. The Hall–Kier alpha value is -1.10. The number of rotatable bonds is 3. The molecule has 2 heterocycles. The van der Waals surface area contributed by atoms with Gasteiger partial charge in [0, 0.05) is 33.6 Å². The summed E-state index contributed by atoms with van der Waals surface area (Å²) in [4.78, 5) is 12.3. The lowest BCUT2D eigenvalue weighted by Crippen LogP contribution is -2.33. The molecule has 2 nitrogen and oxygen atoms in total. The van der Waals surface area contributed by atoms with Crippen molar-refractivity contribution in [2.75, 3.05) is 0 Å². The minimum Gasteiger partial charge on any atom is -0.299 e. The molecule has 0 N–H and O–H groups in total. The van der Waals surface area contributed by atoms with E-state index in [1.54, 1.807) is 0 Å². The molecule has 0 aliphatic carbocycles. The third kappa shape index (κ3) is 2.43. The third-order valence-electron chi connectivity index (χ3n) is 4.41. The van der Waals surface area contributed by atoms with Crippen LogP contribution >= 0.6 is 0 Å². The van der Waals surface area contributed by atoms with Crippen molar-refractivity contribution >= 4 is 16.6 Å². The van der Waals surface area contributed by atoms with E-state index < -0.39 is 22.4 Å². The van der Waals surface area contributed by atoms with Crippen LogP contribution in [0.5, 0.6) is 0 Å². The van der Waals surface area contributed by atoms with E-state index in [1.165, 1.54) is 12.1 Å². The molecule has 20 heavy (non-hydrogen) atoms. The molecule has 0 saturated carbocycles. The molecule has 2 saturated heterocycles. The lowest BCUT2D eigenvalue weighted by Gasteiger charge is -2.26. The fourth-order valence-corrected chi connectivity index (χ4v) is 5.44. The Labute approximate surface area is 119 Å². The van der Waals surface area contributed by atoms with Crippen LogP contribution in [0.25, 0.3) is 0 Å². The van der Waals surface area contributed by atoms with Gasteiger partial charge < -0.3 is 0 Å². The Balaban J connectivity index is 1.71. The lowest BCUT2D eigenvalue weighted by atomic mass is 9.90. The molecular formula is C15H16F2O2S. The fourth-order valence-electron chi connectivity index (χ4n) is 3.31. The lowest BCUT2D eigenvalue weighted by molar-refractivity contribution is -0.122. The third-order valence-corrected chi connectivity index (χ3v) is 6.58. The highest BCUT2D eigenvalue weighted by Crippen LogP contribution is 2.39. The second kappa shape index (κ2) is 5.35. The quantitative estimate of drug-likeness (QED) is 0.860. The van der Waals surface area contributed by atoms with E-state index in [0.717, 1.165) is 18.9 Å². The summed E-state index contributed by atoms with van der Waals surface area (Å²) in [5, 5.41) is 0.250. The van der Waals surface area contributed by atoms with Gasteiger partial charge in [0.2, 0.25) is 0 Å². The zero-order valence-electron chi connectivity index (χ0n) is 11.0. The van der Waals surface area contributed by atoms with Gasteiger partial charge in [0.15, 0.2) is 11.6 Å². The second-order valence-electron chi connectivity index (χ2n) is 5.67. The van der Waals surface area contributed by atoms with Crippen molar-refractivity contribution < 1.29 is 17.8 Å². The Morgan fingerprint density at radius 1 is 1.20 bits per heavy atom. The van der Waals surface area contributed by atoms with Gasteiger partial charge in [-0.1, -0.05) is 12.1 Å².